The SMILES string of the molecule is Cc1noc2nc(C3CC3)cc(C(=O)Nc3ccc(CCO)cc3)c12. The number of aliphatic hydroxyl groups excluding tert-OH is 1. The number of carbonyl (C=O) groups excluding carboxylic acids is 1. The van der Waals surface area contributed by atoms with Gasteiger partial charge >= 0.3 is 0 Å². The zero-order valence-electron chi connectivity index (χ0n) is 14.0. The average molecular weight is 337 g/mol. The van der Waals surface area contributed by atoms with Crippen LogP contribution in [0.3, 0.4) is 0 Å². The summed E-state index contributed by atoms with van der Waals surface area (Å²) >= 11 is 0. The van der Waals surface area contributed by atoms with E-state index >= 15 is 0 Å². The first-order chi connectivity index (χ1) is 12.2. The van der Waals surface area contributed by atoms with Crippen molar-refractivity contribution in [3.63, 3.8) is 0 Å². The van der Waals surface area contributed by atoms with Crippen molar-refractivity contribution in [2.24, 2.45) is 0 Å². The lowest BCUT2D eigenvalue weighted by atomic mass is 10.1. The van der Waals surface area contributed by atoms with Crippen LogP contribution >= 0.6 is 0 Å². The van der Waals surface area contributed by atoms with Crippen molar-refractivity contribution in [3.05, 3.63) is 52.8 Å². The molecule has 1 aromatic carbocycles. The highest BCUT2D eigenvalue weighted by atomic mass is 16.5. The number of aromatic nitrogens is 2. The van der Waals surface area contributed by atoms with E-state index in [1.807, 2.05) is 37.3 Å². The molecule has 2 aromatic heterocycles. The molecule has 1 saturated carbocycles. The molecule has 1 fully saturated rings. The van der Waals surface area contributed by atoms with Gasteiger partial charge in [0.2, 0.25) is 0 Å². The van der Waals surface area contributed by atoms with Gasteiger partial charge in [0.05, 0.1) is 16.6 Å². The molecule has 3 aromatic rings. The third-order valence-corrected chi connectivity index (χ3v) is 4.49. The van der Waals surface area contributed by atoms with Crippen molar-refractivity contribution in [1.82, 2.24) is 10.1 Å². The fourth-order valence-corrected chi connectivity index (χ4v) is 2.96. The Morgan fingerprint density at radius 1 is 1.32 bits per heavy atom. The molecule has 2 heterocycles. The molecule has 0 unspecified atom stereocenters. The maximum atomic E-state index is 12.8. The first kappa shape index (κ1) is 15.8. The van der Waals surface area contributed by atoms with Crippen LogP contribution in [0.1, 0.15) is 46.1 Å². The van der Waals surface area contributed by atoms with Crippen molar-refractivity contribution in [2.45, 2.75) is 32.1 Å². The molecular weight excluding hydrogens is 318 g/mol. The highest BCUT2D eigenvalue weighted by molar-refractivity contribution is 6.12. The van der Waals surface area contributed by atoms with Gasteiger partial charge in [-0.2, -0.15) is 0 Å². The first-order valence-corrected chi connectivity index (χ1v) is 8.44. The maximum Gasteiger partial charge on any atom is 0.259 e. The second-order valence-electron chi connectivity index (χ2n) is 6.44. The molecule has 1 amide bonds. The summed E-state index contributed by atoms with van der Waals surface area (Å²) < 4.78 is 5.29. The number of rotatable bonds is 5. The van der Waals surface area contributed by atoms with Gasteiger partial charge in [-0.3, -0.25) is 4.79 Å². The van der Waals surface area contributed by atoms with Gasteiger partial charge in [-0.15, -0.1) is 0 Å². The zero-order chi connectivity index (χ0) is 17.4. The fraction of sp³-hybridized carbons (Fsp3) is 0.316. The summed E-state index contributed by atoms with van der Waals surface area (Å²) in [7, 11) is 0. The predicted molar refractivity (Wildman–Crippen MR) is 93.7 cm³/mol. The van der Waals surface area contributed by atoms with Crippen molar-refractivity contribution in [1.29, 1.82) is 0 Å². The van der Waals surface area contributed by atoms with Crippen LogP contribution in [0.2, 0.25) is 0 Å². The smallest absolute Gasteiger partial charge is 0.259 e. The van der Waals surface area contributed by atoms with Gasteiger partial charge in [0.1, 0.15) is 0 Å². The third-order valence-electron chi connectivity index (χ3n) is 4.49. The van der Waals surface area contributed by atoms with E-state index in [2.05, 4.69) is 15.5 Å². The highest BCUT2D eigenvalue weighted by Crippen LogP contribution is 2.40. The summed E-state index contributed by atoms with van der Waals surface area (Å²) in [5.41, 5.74) is 4.26. The quantitative estimate of drug-likeness (QED) is 0.746. The van der Waals surface area contributed by atoms with Crippen LogP contribution in [0.25, 0.3) is 11.1 Å². The third kappa shape index (κ3) is 3.13. The summed E-state index contributed by atoms with van der Waals surface area (Å²) in [6, 6.07) is 9.33. The van der Waals surface area contributed by atoms with Gasteiger partial charge in [0.15, 0.2) is 0 Å². The summed E-state index contributed by atoms with van der Waals surface area (Å²) in [6.07, 6.45) is 2.79. The minimum atomic E-state index is -0.199. The van der Waals surface area contributed by atoms with Crippen LogP contribution in [-0.2, 0) is 6.42 Å². The Morgan fingerprint density at radius 2 is 2.08 bits per heavy atom. The largest absolute Gasteiger partial charge is 0.396 e. The average Bonchev–Trinajstić information content (AvgIpc) is 3.40. The van der Waals surface area contributed by atoms with Crippen LogP contribution in [0.15, 0.2) is 34.9 Å². The molecule has 1 aliphatic rings. The fourth-order valence-electron chi connectivity index (χ4n) is 2.96. The van der Waals surface area contributed by atoms with Gasteiger partial charge in [-0.05, 0) is 49.9 Å². The van der Waals surface area contributed by atoms with Gasteiger partial charge in [0, 0.05) is 23.9 Å². The molecule has 6 nitrogen and oxygen atoms in total. The van der Waals surface area contributed by atoms with Crippen LogP contribution in [0.5, 0.6) is 0 Å². The molecule has 0 spiro atoms. The number of aryl methyl sites for hydroxylation is 1. The van der Waals surface area contributed by atoms with Crippen molar-refractivity contribution < 1.29 is 14.4 Å². The van der Waals surface area contributed by atoms with Gasteiger partial charge < -0.3 is 14.9 Å². The summed E-state index contributed by atoms with van der Waals surface area (Å²) in [5, 5.41) is 16.5. The number of fused-ring (bicyclic) bond motifs is 1. The number of anilines is 1. The Bertz CT molecular complexity index is 927. The van der Waals surface area contributed by atoms with Crippen molar-refractivity contribution in [2.75, 3.05) is 11.9 Å². The Labute approximate surface area is 144 Å². The normalized spacial score (nSPS) is 14.0. The summed E-state index contributed by atoms with van der Waals surface area (Å²) in [4.78, 5) is 17.3. The first-order valence-electron chi connectivity index (χ1n) is 8.44. The number of benzene rings is 1. The van der Waals surface area contributed by atoms with E-state index in [1.54, 1.807) is 0 Å². The van der Waals surface area contributed by atoms with E-state index in [9.17, 15) is 4.79 Å². The summed E-state index contributed by atoms with van der Waals surface area (Å²) in [5.74, 6) is 0.217. The standard InChI is InChI=1S/C19H19N3O3/c1-11-17-15(10-16(13-4-5-13)21-19(17)25-22-11)18(24)20-14-6-2-12(3-7-14)8-9-23/h2-3,6-7,10,13,23H,4-5,8-9H2,1H3,(H,20,24). The van der Waals surface area contributed by atoms with E-state index in [0.717, 1.165) is 24.1 Å². The van der Waals surface area contributed by atoms with E-state index in [1.165, 1.54) is 0 Å². The Morgan fingerprint density at radius 3 is 2.76 bits per heavy atom. The van der Waals surface area contributed by atoms with Crippen molar-refractivity contribution >= 4 is 22.7 Å². The lowest BCUT2D eigenvalue weighted by molar-refractivity contribution is 0.102. The monoisotopic (exact) mass is 337 g/mol. The molecule has 0 saturated heterocycles. The van der Waals surface area contributed by atoms with Crippen LogP contribution in [0.4, 0.5) is 5.69 Å². The van der Waals surface area contributed by atoms with E-state index in [4.69, 9.17) is 9.63 Å². The Kier molecular flexibility index (Phi) is 3.97. The van der Waals surface area contributed by atoms with Gasteiger partial charge in [0.25, 0.3) is 11.6 Å². The number of amides is 1. The Hall–Kier alpha value is -2.73. The van der Waals surface area contributed by atoms with Gasteiger partial charge in [-0.25, -0.2) is 4.98 Å². The van der Waals surface area contributed by atoms with Crippen LogP contribution in [-0.4, -0.2) is 27.8 Å². The molecule has 0 bridgehead atoms. The number of hydrogen-bond acceptors (Lipinski definition) is 5. The Balaban J connectivity index is 1.65. The predicted octanol–water partition coefficient (Wildman–Crippen LogP) is 3.20. The second-order valence-corrected chi connectivity index (χ2v) is 6.44. The lowest BCUT2D eigenvalue weighted by Crippen LogP contribution is -2.13. The molecule has 1 aliphatic carbocycles. The maximum absolute atomic E-state index is 12.8. The number of hydrogen-bond donors (Lipinski definition) is 2. The highest BCUT2D eigenvalue weighted by Gasteiger charge is 2.28. The number of nitrogens with zero attached hydrogens (tertiary/aromatic N) is 2. The zero-order valence-corrected chi connectivity index (χ0v) is 14.0. The van der Waals surface area contributed by atoms with Crippen LogP contribution in [0, 0.1) is 6.92 Å². The van der Waals surface area contributed by atoms with E-state index in [0.29, 0.717) is 40.4 Å². The molecule has 4 rings (SSSR count). The molecule has 25 heavy (non-hydrogen) atoms. The molecule has 0 atom stereocenters. The van der Waals surface area contributed by atoms with Crippen LogP contribution < -0.4 is 5.32 Å². The molecule has 6 heteroatoms. The van der Waals surface area contributed by atoms with Gasteiger partial charge in [-0.1, -0.05) is 17.3 Å². The topological polar surface area (TPSA) is 88.2 Å². The molecule has 0 radical (unpaired) electrons. The van der Waals surface area contributed by atoms with Crippen molar-refractivity contribution in [3.8, 4) is 0 Å². The number of nitrogens with one attached hydrogen (secondary N) is 1. The van der Waals surface area contributed by atoms with E-state index < -0.39 is 0 Å². The number of carbonyl (C=O) groups is 1. The lowest BCUT2D eigenvalue weighted by Gasteiger charge is -2.08. The minimum Gasteiger partial charge on any atom is -0.396 e. The number of pyridine rings is 1. The summed E-state index contributed by atoms with van der Waals surface area (Å²) in [6.45, 7) is 1.92. The molecule has 128 valence electrons. The minimum absolute atomic E-state index is 0.109. The molecule has 0 aliphatic heterocycles. The van der Waals surface area contributed by atoms with E-state index in [-0.39, 0.29) is 12.5 Å². The molecule has 2 N–H and O–H groups in total. The number of aliphatic hydroxyl groups is 1. The second kappa shape index (κ2) is 6.29. The molecular formula is C19H19N3O3.